The summed E-state index contributed by atoms with van der Waals surface area (Å²) in [6.45, 7) is 0.157. The summed E-state index contributed by atoms with van der Waals surface area (Å²) in [5.74, 6) is -0.884. The third-order valence-corrected chi connectivity index (χ3v) is 9.38. The van der Waals surface area contributed by atoms with Crippen LogP contribution < -0.4 is 0 Å². The number of aryl methyl sites for hydroxylation is 1. The first-order valence-electron chi connectivity index (χ1n) is 13.2. The topological polar surface area (TPSA) is 110 Å². The highest BCUT2D eigenvalue weighted by molar-refractivity contribution is 7.89. The Balaban J connectivity index is 1.24. The van der Waals surface area contributed by atoms with E-state index in [-0.39, 0.29) is 28.8 Å². The molecule has 0 bridgehead atoms. The lowest BCUT2D eigenvalue weighted by Crippen LogP contribution is -2.26. The second kappa shape index (κ2) is 10.5. The van der Waals surface area contributed by atoms with E-state index in [4.69, 9.17) is 0 Å². The molecule has 5 aromatic rings. The molecule has 0 unspecified atom stereocenters. The van der Waals surface area contributed by atoms with Crippen LogP contribution in [0, 0.1) is 0 Å². The molecule has 9 nitrogen and oxygen atoms in total. The molecule has 208 valence electrons. The molecule has 0 radical (unpaired) electrons. The summed E-state index contributed by atoms with van der Waals surface area (Å²) in [7, 11) is -0.365. The molecule has 1 aliphatic rings. The van der Waals surface area contributed by atoms with Crippen LogP contribution in [0.4, 0.5) is 0 Å². The summed E-state index contributed by atoms with van der Waals surface area (Å²) in [5.41, 5.74) is 5.33. The van der Waals surface area contributed by atoms with Crippen LogP contribution in [-0.4, -0.2) is 50.4 Å². The van der Waals surface area contributed by atoms with Gasteiger partial charge in [-0.15, -0.1) is 5.10 Å². The van der Waals surface area contributed by atoms with Gasteiger partial charge in [-0.25, -0.2) is 13.2 Å². The second-order valence-corrected chi connectivity index (χ2v) is 12.4. The van der Waals surface area contributed by atoms with E-state index in [1.54, 1.807) is 36.1 Å². The van der Waals surface area contributed by atoms with E-state index in [2.05, 4.69) is 10.3 Å². The number of sulfonamides is 1. The molecule has 0 aliphatic heterocycles. The highest BCUT2D eigenvalue weighted by Gasteiger charge is 2.45. The van der Waals surface area contributed by atoms with Gasteiger partial charge in [0.1, 0.15) is 0 Å². The van der Waals surface area contributed by atoms with E-state index in [1.165, 1.54) is 4.31 Å². The number of rotatable bonds is 9. The fourth-order valence-corrected chi connectivity index (χ4v) is 6.52. The predicted octanol–water partition coefficient (Wildman–Crippen LogP) is 5.06. The summed E-state index contributed by atoms with van der Waals surface area (Å²) in [5, 5.41) is 18.1. The number of nitrogens with zero attached hydrogens (tertiary/aromatic N) is 5. The quantitative estimate of drug-likeness (QED) is 0.267. The smallest absolute Gasteiger partial charge is 0.337 e. The maximum atomic E-state index is 13.4. The van der Waals surface area contributed by atoms with Crippen molar-refractivity contribution in [2.45, 2.75) is 29.7 Å². The van der Waals surface area contributed by atoms with Crippen LogP contribution in [0.3, 0.4) is 0 Å². The van der Waals surface area contributed by atoms with E-state index in [0.29, 0.717) is 5.69 Å². The van der Waals surface area contributed by atoms with Crippen molar-refractivity contribution < 1.29 is 18.3 Å². The second-order valence-electron chi connectivity index (χ2n) is 10.4. The molecular weight excluding hydrogens is 538 g/mol. The third-order valence-electron chi connectivity index (χ3n) is 7.56. The largest absolute Gasteiger partial charge is 0.478 e. The van der Waals surface area contributed by atoms with Gasteiger partial charge < -0.3 is 9.67 Å². The van der Waals surface area contributed by atoms with Crippen LogP contribution in [0.15, 0.2) is 102 Å². The fraction of sp³-hybridized carbons (Fsp3) is 0.194. The molecule has 2 aromatic heterocycles. The molecule has 41 heavy (non-hydrogen) atoms. The number of carbonyl (C=O) groups is 1. The number of aromatic nitrogens is 4. The van der Waals surface area contributed by atoms with Gasteiger partial charge in [0, 0.05) is 56.3 Å². The molecule has 1 N–H and O–H groups in total. The molecule has 1 fully saturated rings. The van der Waals surface area contributed by atoms with Crippen molar-refractivity contribution in [2.75, 3.05) is 7.05 Å². The number of aromatic carboxylic acids is 1. The average Bonchev–Trinajstić information content (AvgIpc) is 3.42. The predicted molar refractivity (Wildman–Crippen MR) is 154 cm³/mol. The Hall–Kier alpha value is -4.54. The van der Waals surface area contributed by atoms with E-state index in [1.807, 2.05) is 84.5 Å². The lowest BCUT2D eigenvalue weighted by Gasteiger charge is -2.19. The molecule has 3 aromatic carbocycles. The van der Waals surface area contributed by atoms with E-state index in [0.717, 1.165) is 34.5 Å². The zero-order valence-corrected chi connectivity index (χ0v) is 23.4. The van der Waals surface area contributed by atoms with E-state index < -0.39 is 16.0 Å². The monoisotopic (exact) mass is 567 g/mol. The van der Waals surface area contributed by atoms with Gasteiger partial charge in [0.15, 0.2) is 0 Å². The molecule has 0 amide bonds. The normalized spacial score (nSPS) is 16.7. The number of hydrogen-bond donors (Lipinski definition) is 1. The molecule has 2 atom stereocenters. The Labute approximate surface area is 238 Å². The third kappa shape index (κ3) is 5.19. The van der Waals surface area contributed by atoms with Gasteiger partial charge in [-0.1, -0.05) is 59.8 Å². The van der Waals surface area contributed by atoms with E-state index >= 15 is 0 Å². The first-order chi connectivity index (χ1) is 19.7. The van der Waals surface area contributed by atoms with Crippen molar-refractivity contribution in [3.05, 3.63) is 120 Å². The van der Waals surface area contributed by atoms with Crippen LogP contribution >= 0.6 is 0 Å². The van der Waals surface area contributed by atoms with Crippen molar-refractivity contribution in [1.82, 2.24) is 23.9 Å². The Kier molecular flexibility index (Phi) is 6.80. The number of carboxylic acid groups (broad SMARTS) is 1. The minimum absolute atomic E-state index is 0.00151. The van der Waals surface area contributed by atoms with Gasteiger partial charge in [-0.2, -0.15) is 4.31 Å². The lowest BCUT2D eigenvalue weighted by molar-refractivity contribution is 0.0695. The maximum absolute atomic E-state index is 13.4. The standard InChI is InChI=1S/C31H29N5O4S/c1-34-20-29(32-33-34)27-18-28(27)30-26(31(37)38)15-16-36(30)24-10-6-7-21(17-24)19-35(2)41(39,40)25-13-11-23(12-14-25)22-8-4-3-5-9-22/h3-17,20,27-28H,18-19H2,1-2H3,(H,37,38)/t27-,28-/m1/s1. The van der Waals surface area contributed by atoms with Gasteiger partial charge >= 0.3 is 5.97 Å². The van der Waals surface area contributed by atoms with Crippen LogP contribution in [0.25, 0.3) is 16.8 Å². The first kappa shape index (κ1) is 26.7. The zero-order chi connectivity index (χ0) is 28.7. The summed E-state index contributed by atoms with van der Waals surface area (Å²) in [6, 6.07) is 25.8. The first-order valence-corrected chi connectivity index (χ1v) is 14.7. The van der Waals surface area contributed by atoms with Gasteiger partial charge in [0.05, 0.1) is 16.2 Å². The Morgan fingerprint density at radius 2 is 1.71 bits per heavy atom. The summed E-state index contributed by atoms with van der Waals surface area (Å²) in [4.78, 5) is 12.3. The SMILES string of the molecule is CN(Cc1cccc(-n2ccc(C(=O)O)c2[C@@H]2C[C@H]2c2cn(C)nn2)c1)S(=O)(=O)c1ccc(-c2ccccc2)cc1. The molecule has 2 heterocycles. The molecule has 1 aliphatic carbocycles. The average molecular weight is 568 g/mol. The molecule has 0 saturated heterocycles. The van der Waals surface area contributed by atoms with Crippen LogP contribution in [0.2, 0.25) is 0 Å². The van der Waals surface area contributed by atoms with Crippen molar-refractivity contribution in [3.8, 4) is 16.8 Å². The summed E-state index contributed by atoms with van der Waals surface area (Å²) in [6.07, 6.45) is 4.41. The van der Waals surface area contributed by atoms with Gasteiger partial charge in [0.2, 0.25) is 10.0 Å². The maximum Gasteiger partial charge on any atom is 0.337 e. The van der Waals surface area contributed by atoms with Crippen LogP contribution in [0.5, 0.6) is 0 Å². The fourth-order valence-electron chi connectivity index (χ4n) is 5.36. The summed E-state index contributed by atoms with van der Waals surface area (Å²) >= 11 is 0. The van der Waals surface area contributed by atoms with Crippen molar-refractivity contribution in [1.29, 1.82) is 0 Å². The minimum Gasteiger partial charge on any atom is -0.478 e. The number of carboxylic acids is 1. The molecule has 1 saturated carbocycles. The minimum atomic E-state index is -3.73. The van der Waals surface area contributed by atoms with Crippen LogP contribution in [0.1, 0.15) is 45.6 Å². The van der Waals surface area contributed by atoms with Crippen molar-refractivity contribution in [3.63, 3.8) is 0 Å². The molecular formula is C31H29N5O4S. The molecule has 6 rings (SSSR count). The highest BCUT2D eigenvalue weighted by atomic mass is 32.2. The Morgan fingerprint density at radius 3 is 2.39 bits per heavy atom. The Bertz CT molecular complexity index is 1830. The van der Waals surface area contributed by atoms with Crippen molar-refractivity contribution >= 4 is 16.0 Å². The van der Waals surface area contributed by atoms with Crippen molar-refractivity contribution in [2.24, 2.45) is 7.05 Å². The van der Waals surface area contributed by atoms with Crippen LogP contribution in [-0.2, 0) is 23.6 Å². The highest BCUT2D eigenvalue weighted by Crippen LogP contribution is 2.55. The van der Waals surface area contributed by atoms with Gasteiger partial charge in [-0.3, -0.25) is 4.68 Å². The van der Waals surface area contributed by atoms with E-state index in [9.17, 15) is 18.3 Å². The number of benzene rings is 3. The summed E-state index contributed by atoms with van der Waals surface area (Å²) < 4.78 is 31.6. The number of hydrogen-bond acceptors (Lipinski definition) is 5. The zero-order valence-electron chi connectivity index (χ0n) is 22.6. The lowest BCUT2D eigenvalue weighted by atomic mass is 10.1. The van der Waals surface area contributed by atoms with Gasteiger partial charge in [-0.05, 0) is 53.4 Å². The molecule has 0 spiro atoms. The molecule has 10 heteroatoms. The van der Waals surface area contributed by atoms with Gasteiger partial charge in [0.25, 0.3) is 0 Å². The Morgan fingerprint density at radius 1 is 0.976 bits per heavy atom.